The summed E-state index contributed by atoms with van der Waals surface area (Å²) in [6, 6.07) is 0. The maximum Gasteiger partial charge on any atom is 0.312 e. The molecule has 0 bridgehead atoms. The van der Waals surface area contributed by atoms with E-state index >= 15 is 4.39 Å². The molecule has 8 atom stereocenters. The molecule has 4 aliphatic carbocycles. The van der Waals surface area contributed by atoms with Gasteiger partial charge in [-0.3, -0.25) is 14.4 Å². The van der Waals surface area contributed by atoms with Crippen LogP contribution in [0.1, 0.15) is 52.9 Å². The van der Waals surface area contributed by atoms with Gasteiger partial charge < -0.3 is 20.1 Å². The number of hydrogen-bond acceptors (Lipinski definition) is 7. The zero-order valence-corrected chi connectivity index (χ0v) is 19.3. The maximum atomic E-state index is 17.1. The number of carbonyl (C=O) groups is 3. The minimum Gasteiger partial charge on any atom is -0.465 e. The second kappa shape index (κ2) is 7.82. The summed E-state index contributed by atoms with van der Waals surface area (Å²) in [4.78, 5) is 37.8. The van der Waals surface area contributed by atoms with Gasteiger partial charge in [-0.2, -0.15) is 0 Å². The van der Waals surface area contributed by atoms with Crippen molar-refractivity contribution in [3.05, 3.63) is 23.8 Å². The molecule has 0 aliphatic heterocycles. The van der Waals surface area contributed by atoms with Crippen LogP contribution in [0.5, 0.6) is 0 Å². The van der Waals surface area contributed by atoms with E-state index in [4.69, 9.17) is 4.74 Å². The van der Waals surface area contributed by atoms with Crippen LogP contribution in [0.15, 0.2) is 23.8 Å². The molecule has 3 N–H and O–H groups in total. The molecule has 4 rings (SSSR count). The fourth-order valence-corrected chi connectivity index (χ4v) is 7.46. The van der Waals surface area contributed by atoms with Gasteiger partial charge in [-0.1, -0.05) is 25.5 Å². The summed E-state index contributed by atoms with van der Waals surface area (Å²) >= 11 is 0. The molecule has 0 radical (unpaired) electrons. The number of allylic oxidation sites excluding steroid dienone is 4. The number of ether oxygens (including phenoxy) is 1. The molecular weight excluding hydrogens is 431 g/mol. The highest BCUT2D eigenvalue weighted by atomic mass is 19.1. The smallest absolute Gasteiger partial charge is 0.312 e. The van der Waals surface area contributed by atoms with Gasteiger partial charge in [0.1, 0.15) is 12.2 Å². The van der Waals surface area contributed by atoms with Crippen LogP contribution in [0, 0.1) is 28.6 Å². The summed E-state index contributed by atoms with van der Waals surface area (Å²) in [6.45, 7) is 4.23. The molecule has 0 spiro atoms. The van der Waals surface area contributed by atoms with Crippen LogP contribution in [-0.4, -0.2) is 63.4 Å². The van der Waals surface area contributed by atoms with E-state index in [0.29, 0.717) is 24.8 Å². The van der Waals surface area contributed by atoms with Gasteiger partial charge in [0.2, 0.25) is 0 Å². The van der Waals surface area contributed by atoms with Gasteiger partial charge in [0.25, 0.3) is 0 Å². The Balaban J connectivity index is 1.82. The maximum absolute atomic E-state index is 17.1. The topological polar surface area (TPSA) is 121 Å². The van der Waals surface area contributed by atoms with Crippen LogP contribution in [0.3, 0.4) is 0 Å². The van der Waals surface area contributed by atoms with Gasteiger partial charge in [-0.05, 0) is 57.1 Å². The number of hydrogen-bond donors (Lipinski definition) is 3. The van der Waals surface area contributed by atoms with Gasteiger partial charge >= 0.3 is 5.97 Å². The third-order valence-corrected chi connectivity index (χ3v) is 9.20. The first-order valence-electron chi connectivity index (χ1n) is 11.8. The number of rotatable bonds is 5. The second-order valence-electron chi connectivity index (χ2n) is 10.6. The summed E-state index contributed by atoms with van der Waals surface area (Å²) in [6.07, 6.45) is 3.75. The molecule has 0 unspecified atom stereocenters. The SMILES string of the molecule is CCCOC(=O)[C@@H]1C[C@H]2[C@@H]3CCC4=CC(=O)C=C[C@]4(C)[C@@]3(F)[C@@H](O)C[C@]2(C)[C@@]1(O)C(=O)CO. The highest BCUT2D eigenvalue weighted by molar-refractivity contribution is 6.01. The molecule has 0 aromatic carbocycles. The number of esters is 1. The normalized spacial score (nSPS) is 46.2. The highest BCUT2D eigenvalue weighted by Crippen LogP contribution is 2.70. The molecule has 0 aromatic rings. The molecule has 182 valence electrons. The summed E-state index contributed by atoms with van der Waals surface area (Å²) in [5.74, 6) is -4.54. The van der Waals surface area contributed by atoms with E-state index in [2.05, 4.69) is 0 Å². The van der Waals surface area contributed by atoms with Crippen molar-refractivity contribution in [3.8, 4) is 0 Å². The average molecular weight is 465 g/mol. The Morgan fingerprint density at radius 3 is 2.61 bits per heavy atom. The fraction of sp³-hybridized carbons (Fsp3) is 0.720. The van der Waals surface area contributed by atoms with Crippen molar-refractivity contribution in [2.24, 2.45) is 28.6 Å². The quantitative estimate of drug-likeness (QED) is 0.531. The third-order valence-electron chi connectivity index (χ3n) is 9.20. The minimum absolute atomic E-state index is 0.0160. The lowest BCUT2D eigenvalue weighted by Gasteiger charge is -2.62. The lowest BCUT2D eigenvalue weighted by Crippen LogP contribution is -2.69. The van der Waals surface area contributed by atoms with Crippen LogP contribution in [0.2, 0.25) is 0 Å². The van der Waals surface area contributed by atoms with Crippen molar-refractivity contribution in [1.29, 1.82) is 0 Å². The standard InChI is InChI=1S/C25H33FO7/c1-4-9-33-21(31)18-11-17-16-6-5-14-10-15(28)7-8-22(14,2)24(16,26)19(29)12-23(17,3)25(18,32)20(30)13-27/h7-8,10,16-19,27,29,32H,4-6,9,11-13H2,1-3H3/t16-,17-,18-,19-,22-,23-,24-,25-/m0/s1. The Kier molecular flexibility index (Phi) is 5.74. The van der Waals surface area contributed by atoms with Crippen molar-refractivity contribution >= 4 is 17.5 Å². The molecule has 3 fully saturated rings. The average Bonchev–Trinajstić information content (AvgIpc) is 3.01. The van der Waals surface area contributed by atoms with Gasteiger partial charge in [-0.25, -0.2) is 4.39 Å². The van der Waals surface area contributed by atoms with Crippen LogP contribution < -0.4 is 0 Å². The second-order valence-corrected chi connectivity index (χ2v) is 10.6. The molecule has 33 heavy (non-hydrogen) atoms. The molecule has 0 amide bonds. The van der Waals surface area contributed by atoms with Gasteiger partial charge in [0, 0.05) is 16.7 Å². The first-order valence-corrected chi connectivity index (χ1v) is 11.8. The highest BCUT2D eigenvalue weighted by Gasteiger charge is 2.77. The van der Waals surface area contributed by atoms with Crippen LogP contribution in [-0.2, 0) is 19.1 Å². The Morgan fingerprint density at radius 1 is 1.27 bits per heavy atom. The molecule has 0 aromatic heterocycles. The molecule has 7 nitrogen and oxygen atoms in total. The molecule has 0 heterocycles. The number of alkyl halides is 1. The van der Waals surface area contributed by atoms with E-state index in [1.54, 1.807) is 13.8 Å². The number of carbonyl (C=O) groups excluding carboxylic acids is 3. The monoisotopic (exact) mass is 464 g/mol. The first-order chi connectivity index (χ1) is 15.4. The summed E-state index contributed by atoms with van der Waals surface area (Å²) < 4.78 is 22.4. The lowest BCUT2D eigenvalue weighted by molar-refractivity contribution is -0.221. The molecular formula is C25H33FO7. The Bertz CT molecular complexity index is 943. The predicted octanol–water partition coefficient (Wildman–Crippen LogP) is 1.83. The first kappa shape index (κ1) is 24.2. The Hall–Kier alpha value is -1.90. The van der Waals surface area contributed by atoms with Crippen molar-refractivity contribution in [1.82, 2.24) is 0 Å². The molecule has 8 heteroatoms. The molecule has 0 saturated heterocycles. The van der Waals surface area contributed by atoms with E-state index in [9.17, 15) is 29.7 Å². The van der Waals surface area contributed by atoms with Crippen molar-refractivity contribution in [3.63, 3.8) is 0 Å². The minimum atomic E-state index is -2.28. The van der Waals surface area contributed by atoms with Crippen LogP contribution in [0.25, 0.3) is 0 Å². The van der Waals surface area contributed by atoms with E-state index in [-0.39, 0.29) is 25.2 Å². The number of halogens is 1. The summed E-state index contributed by atoms with van der Waals surface area (Å²) in [5, 5.41) is 32.7. The number of fused-ring (bicyclic) bond motifs is 5. The fourth-order valence-electron chi connectivity index (χ4n) is 7.46. The Morgan fingerprint density at radius 2 is 1.97 bits per heavy atom. The van der Waals surface area contributed by atoms with Crippen molar-refractivity contribution in [2.45, 2.75) is 70.2 Å². The Labute approximate surface area is 192 Å². The number of ketones is 2. The van der Waals surface area contributed by atoms with Gasteiger partial charge in [0.15, 0.2) is 17.2 Å². The van der Waals surface area contributed by atoms with Crippen molar-refractivity contribution in [2.75, 3.05) is 13.2 Å². The predicted molar refractivity (Wildman–Crippen MR) is 116 cm³/mol. The van der Waals surface area contributed by atoms with Gasteiger partial charge in [0.05, 0.1) is 18.6 Å². The zero-order chi connectivity index (χ0) is 24.4. The molecule has 4 aliphatic rings. The van der Waals surface area contributed by atoms with E-state index in [1.807, 2.05) is 6.92 Å². The zero-order valence-electron chi connectivity index (χ0n) is 19.3. The van der Waals surface area contributed by atoms with E-state index < -0.39 is 64.3 Å². The number of aliphatic hydroxyl groups is 3. The number of Topliss-reactive ketones (excluding diaryl/α,β-unsaturated/α-hetero) is 1. The summed E-state index contributed by atoms with van der Waals surface area (Å²) in [5.41, 5.74) is -6.37. The van der Waals surface area contributed by atoms with Gasteiger partial charge in [-0.15, -0.1) is 0 Å². The summed E-state index contributed by atoms with van der Waals surface area (Å²) in [7, 11) is 0. The largest absolute Gasteiger partial charge is 0.465 e. The molecule has 3 saturated carbocycles. The number of aliphatic hydroxyl groups excluding tert-OH is 2. The van der Waals surface area contributed by atoms with E-state index in [1.165, 1.54) is 18.2 Å². The van der Waals surface area contributed by atoms with E-state index in [0.717, 1.165) is 0 Å². The lowest BCUT2D eigenvalue weighted by atomic mass is 9.44. The van der Waals surface area contributed by atoms with Crippen LogP contribution >= 0.6 is 0 Å². The van der Waals surface area contributed by atoms with Crippen molar-refractivity contribution < 1.29 is 38.8 Å². The van der Waals surface area contributed by atoms with Crippen LogP contribution in [0.4, 0.5) is 4.39 Å². The third kappa shape index (κ3) is 2.93.